The van der Waals surface area contributed by atoms with Crippen LogP contribution in [0.3, 0.4) is 0 Å². The van der Waals surface area contributed by atoms with Crippen molar-refractivity contribution in [3.63, 3.8) is 0 Å². The number of carbonyl (C=O) groups is 2. The molecular formula is C23H27NO6S. The molecule has 3 rings (SSSR count). The van der Waals surface area contributed by atoms with Crippen LogP contribution in [0.15, 0.2) is 59.5 Å². The number of esters is 2. The lowest BCUT2D eigenvalue weighted by molar-refractivity contribution is -0.184. The molecule has 0 unspecified atom stereocenters. The molecule has 1 saturated heterocycles. The molecule has 0 N–H and O–H groups in total. The number of hydrogen-bond acceptors (Lipinski definition) is 6. The lowest BCUT2D eigenvalue weighted by Gasteiger charge is -2.43. The smallest absolute Gasteiger partial charge is 0.304 e. The van der Waals surface area contributed by atoms with Gasteiger partial charge in [-0.2, -0.15) is 4.31 Å². The Morgan fingerprint density at radius 3 is 2.13 bits per heavy atom. The van der Waals surface area contributed by atoms with E-state index >= 15 is 0 Å². The van der Waals surface area contributed by atoms with Gasteiger partial charge in [-0.25, -0.2) is 8.42 Å². The van der Waals surface area contributed by atoms with Crippen LogP contribution in [0.25, 0.3) is 0 Å². The fraction of sp³-hybridized carbons (Fsp3) is 0.391. The van der Waals surface area contributed by atoms with Gasteiger partial charge in [0.25, 0.3) is 0 Å². The SMILES string of the molecule is CC(=O)O[C@@H]1[C@H](OC(C)=O)CC[C@H](Cc2ccccc2)N1S(=O)(=O)c1ccc(C)cc1. The van der Waals surface area contributed by atoms with Crippen LogP contribution in [0.1, 0.15) is 37.8 Å². The number of piperidine rings is 1. The normalized spacial score (nSPS) is 22.0. The van der Waals surface area contributed by atoms with Crippen LogP contribution in [-0.4, -0.2) is 43.0 Å². The third-order valence-corrected chi connectivity index (χ3v) is 7.16. The number of rotatable bonds is 6. The van der Waals surface area contributed by atoms with Crippen LogP contribution >= 0.6 is 0 Å². The Kier molecular flexibility index (Phi) is 7.12. The molecule has 31 heavy (non-hydrogen) atoms. The Morgan fingerprint density at radius 2 is 1.55 bits per heavy atom. The highest BCUT2D eigenvalue weighted by atomic mass is 32.2. The Hall–Kier alpha value is -2.71. The van der Waals surface area contributed by atoms with Gasteiger partial charge in [0.2, 0.25) is 16.3 Å². The summed E-state index contributed by atoms with van der Waals surface area (Å²) in [6.45, 7) is 4.33. The average Bonchev–Trinajstić information content (AvgIpc) is 2.70. The number of carbonyl (C=O) groups excluding carboxylic acids is 2. The summed E-state index contributed by atoms with van der Waals surface area (Å²) in [4.78, 5) is 23.6. The van der Waals surface area contributed by atoms with Gasteiger partial charge in [-0.05, 0) is 43.9 Å². The Morgan fingerprint density at radius 1 is 0.935 bits per heavy atom. The second kappa shape index (κ2) is 9.62. The van der Waals surface area contributed by atoms with Crippen molar-refractivity contribution in [1.29, 1.82) is 0 Å². The number of ether oxygens (including phenoxy) is 2. The lowest BCUT2D eigenvalue weighted by Crippen LogP contribution is -2.58. The second-order valence-electron chi connectivity index (χ2n) is 7.72. The standard InChI is InChI=1S/C23H27NO6S/c1-16-9-12-21(13-10-16)31(27,28)24-20(15-19-7-5-4-6-8-19)11-14-22(29-17(2)25)23(24)30-18(3)26/h4-10,12-13,20,22-23H,11,14-15H2,1-3H3/t20-,22-,23-/m1/s1. The molecule has 1 fully saturated rings. The van der Waals surface area contributed by atoms with Crippen LogP contribution in [0.4, 0.5) is 0 Å². The highest BCUT2D eigenvalue weighted by molar-refractivity contribution is 7.89. The van der Waals surface area contributed by atoms with E-state index in [-0.39, 0.29) is 4.90 Å². The van der Waals surface area contributed by atoms with E-state index in [1.807, 2.05) is 37.3 Å². The molecule has 1 aliphatic rings. The molecule has 2 aromatic carbocycles. The van der Waals surface area contributed by atoms with Crippen molar-refractivity contribution >= 4 is 22.0 Å². The number of benzene rings is 2. The van der Waals surface area contributed by atoms with E-state index in [4.69, 9.17) is 9.47 Å². The van der Waals surface area contributed by atoms with Gasteiger partial charge in [0.1, 0.15) is 0 Å². The first kappa shape index (κ1) is 23.0. The van der Waals surface area contributed by atoms with Gasteiger partial charge in [0.05, 0.1) is 4.90 Å². The molecule has 1 aliphatic heterocycles. The fourth-order valence-corrected chi connectivity index (χ4v) is 5.62. The van der Waals surface area contributed by atoms with Gasteiger partial charge in [0, 0.05) is 19.9 Å². The summed E-state index contributed by atoms with van der Waals surface area (Å²) in [5.74, 6) is -1.21. The second-order valence-corrected chi connectivity index (χ2v) is 9.56. The first-order valence-electron chi connectivity index (χ1n) is 10.2. The fourth-order valence-electron chi connectivity index (χ4n) is 3.87. The van der Waals surface area contributed by atoms with Gasteiger partial charge < -0.3 is 9.47 Å². The third-order valence-electron chi connectivity index (χ3n) is 5.23. The van der Waals surface area contributed by atoms with Crippen molar-refractivity contribution < 1.29 is 27.5 Å². The maximum atomic E-state index is 13.7. The first-order valence-corrected chi connectivity index (χ1v) is 11.6. The molecule has 0 bridgehead atoms. The Bertz CT molecular complexity index is 1020. The maximum absolute atomic E-state index is 13.7. The molecule has 166 valence electrons. The van der Waals surface area contributed by atoms with E-state index in [0.29, 0.717) is 19.3 Å². The highest BCUT2D eigenvalue weighted by Crippen LogP contribution is 2.34. The van der Waals surface area contributed by atoms with Crippen LogP contribution in [-0.2, 0) is 35.5 Å². The summed E-state index contributed by atoms with van der Waals surface area (Å²) in [6.07, 6.45) is -0.843. The largest absolute Gasteiger partial charge is 0.457 e. The Labute approximate surface area is 183 Å². The molecule has 0 amide bonds. The molecule has 8 heteroatoms. The zero-order chi connectivity index (χ0) is 22.6. The van der Waals surface area contributed by atoms with Crippen molar-refractivity contribution in [3.8, 4) is 0 Å². The molecule has 0 spiro atoms. The predicted octanol–water partition coefficient (Wildman–Crippen LogP) is 3.21. The number of nitrogens with zero attached hydrogens (tertiary/aromatic N) is 1. The van der Waals surface area contributed by atoms with Gasteiger partial charge in [-0.3, -0.25) is 9.59 Å². The predicted molar refractivity (Wildman–Crippen MR) is 114 cm³/mol. The molecule has 0 radical (unpaired) electrons. The summed E-state index contributed by atoms with van der Waals surface area (Å²) in [5.41, 5.74) is 1.89. The quantitative estimate of drug-likeness (QED) is 0.635. The summed E-state index contributed by atoms with van der Waals surface area (Å²) < 4.78 is 39.5. The minimum absolute atomic E-state index is 0.0942. The minimum atomic E-state index is -4.05. The Balaban J connectivity index is 2.07. The molecule has 7 nitrogen and oxygen atoms in total. The monoisotopic (exact) mass is 445 g/mol. The van der Waals surface area contributed by atoms with Gasteiger partial charge in [-0.1, -0.05) is 48.0 Å². The molecule has 1 heterocycles. The molecule has 0 saturated carbocycles. The number of hydrogen-bond donors (Lipinski definition) is 0. The molecule has 2 aromatic rings. The molecule has 0 aliphatic carbocycles. The topological polar surface area (TPSA) is 90.0 Å². The van der Waals surface area contributed by atoms with Crippen molar-refractivity contribution in [3.05, 3.63) is 65.7 Å². The molecule has 0 aromatic heterocycles. The summed E-state index contributed by atoms with van der Waals surface area (Å²) in [6, 6.07) is 15.6. The van der Waals surface area contributed by atoms with E-state index in [9.17, 15) is 18.0 Å². The summed E-state index contributed by atoms with van der Waals surface area (Å²) in [5, 5.41) is 0. The minimum Gasteiger partial charge on any atom is -0.457 e. The average molecular weight is 446 g/mol. The maximum Gasteiger partial charge on any atom is 0.304 e. The van der Waals surface area contributed by atoms with Crippen LogP contribution in [0, 0.1) is 6.92 Å². The van der Waals surface area contributed by atoms with Crippen LogP contribution < -0.4 is 0 Å². The first-order chi connectivity index (χ1) is 14.7. The van der Waals surface area contributed by atoms with Crippen LogP contribution in [0.2, 0.25) is 0 Å². The van der Waals surface area contributed by atoms with Gasteiger partial charge >= 0.3 is 11.9 Å². The van der Waals surface area contributed by atoms with E-state index in [1.54, 1.807) is 12.1 Å². The van der Waals surface area contributed by atoms with Crippen molar-refractivity contribution in [2.24, 2.45) is 0 Å². The van der Waals surface area contributed by atoms with E-state index in [0.717, 1.165) is 11.1 Å². The summed E-state index contributed by atoms with van der Waals surface area (Å²) >= 11 is 0. The van der Waals surface area contributed by atoms with E-state index in [2.05, 4.69) is 0 Å². The van der Waals surface area contributed by atoms with E-state index in [1.165, 1.54) is 30.3 Å². The van der Waals surface area contributed by atoms with Crippen LogP contribution in [0.5, 0.6) is 0 Å². The zero-order valence-corrected chi connectivity index (χ0v) is 18.7. The lowest BCUT2D eigenvalue weighted by atomic mass is 9.95. The third kappa shape index (κ3) is 5.51. The van der Waals surface area contributed by atoms with E-state index < -0.39 is 40.3 Å². The van der Waals surface area contributed by atoms with Gasteiger partial charge in [0.15, 0.2) is 6.10 Å². The molecule has 3 atom stereocenters. The van der Waals surface area contributed by atoms with Crippen molar-refractivity contribution in [2.75, 3.05) is 0 Å². The highest BCUT2D eigenvalue weighted by Gasteiger charge is 2.47. The summed E-state index contributed by atoms with van der Waals surface area (Å²) in [7, 11) is -4.05. The van der Waals surface area contributed by atoms with Crippen molar-refractivity contribution in [1.82, 2.24) is 4.31 Å². The number of sulfonamides is 1. The van der Waals surface area contributed by atoms with Crippen molar-refractivity contribution in [2.45, 2.75) is 63.3 Å². The van der Waals surface area contributed by atoms with Gasteiger partial charge in [-0.15, -0.1) is 0 Å². The molecular weight excluding hydrogens is 418 g/mol. The number of aryl methyl sites for hydroxylation is 1. The zero-order valence-electron chi connectivity index (χ0n) is 17.9.